The molecule has 0 unspecified atom stereocenters. The second-order valence-electron chi connectivity index (χ2n) is 6.85. The molecule has 170 valence electrons. The lowest BCUT2D eigenvalue weighted by Crippen LogP contribution is -2.68. The number of ketones is 1. The molecule has 2 rings (SSSR count). The van der Waals surface area contributed by atoms with Gasteiger partial charge in [0.15, 0.2) is 24.1 Å². The number of esters is 3. The van der Waals surface area contributed by atoms with Crippen molar-refractivity contribution in [2.75, 3.05) is 6.61 Å². The van der Waals surface area contributed by atoms with Gasteiger partial charge in [0.25, 0.3) is 0 Å². The number of halogens is 1. The van der Waals surface area contributed by atoms with Gasteiger partial charge in [0, 0.05) is 25.2 Å². The maximum atomic E-state index is 12.6. The summed E-state index contributed by atoms with van der Waals surface area (Å²) in [6, 6.07) is 6.66. The number of hydrogen-bond donors (Lipinski definition) is 1. The van der Waals surface area contributed by atoms with Gasteiger partial charge in [-0.3, -0.25) is 19.2 Å². The first-order valence-electron chi connectivity index (χ1n) is 9.25. The molecule has 1 heterocycles. The second-order valence-corrected chi connectivity index (χ2v) is 8.43. The van der Waals surface area contributed by atoms with Crippen LogP contribution >= 0.6 is 28.6 Å². The summed E-state index contributed by atoms with van der Waals surface area (Å²) >= 11 is 7.75. The number of hydrogen-bond acceptors (Lipinski definition) is 10. The molecule has 0 amide bonds. The zero-order valence-electron chi connectivity index (χ0n) is 17.3. The number of ether oxygens (including phenoxy) is 5. The highest BCUT2D eigenvalue weighted by atomic mass is 79.9. The fourth-order valence-electron chi connectivity index (χ4n) is 3.04. The first-order chi connectivity index (χ1) is 14.4. The van der Waals surface area contributed by atoms with Gasteiger partial charge in [-0.25, -0.2) is 0 Å². The van der Waals surface area contributed by atoms with Crippen LogP contribution in [0.4, 0.5) is 0 Å². The molecule has 1 aromatic rings. The van der Waals surface area contributed by atoms with Crippen LogP contribution in [0, 0.1) is 0 Å². The fourth-order valence-corrected chi connectivity index (χ4v) is 3.64. The normalized spacial score (nSPS) is 27.7. The Morgan fingerprint density at radius 3 is 2.00 bits per heavy atom. The van der Waals surface area contributed by atoms with Crippen molar-refractivity contribution in [2.45, 2.75) is 57.0 Å². The van der Waals surface area contributed by atoms with Gasteiger partial charge in [0.1, 0.15) is 18.5 Å². The standard InChI is InChI=1S/C20H23BrO9S/c1-10(22)20(31)19(29-15-7-5-14(21)6-8-15)18(28-13(4)25)17(27-12(3)24)16(30-20)9-26-11(2)23/h5-8,16-19,31H,9H2,1-4H3/t16-,17+,18+,19-,20+/m1/s1. The molecular formula is C20H23BrO9S. The van der Waals surface area contributed by atoms with Crippen LogP contribution in [0.15, 0.2) is 28.7 Å². The minimum atomic E-state index is -1.91. The summed E-state index contributed by atoms with van der Waals surface area (Å²) in [7, 11) is 0. The van der Waals surface area contributed by atoms with E-state index in [1.54, 1.807) is 24.3 Å². The Labute approximate surface area is 193 Å². The molecule has 0 radical (unpaired) electrons. The van der Waals surface area contributed by atoms with Crippen molar-refractivity contribution in [1.29, 1.82) is 0 Å². The SMILES string of the molecule is CC(=O)OC[C@H]1O[C@](S)(C(C)=O)[C@H](Oc2ccc(Br)cc2)[C@@H](OC(C)=O)[C@H]1OC(C)=O. The Balaban J connectivity index is 2.53. The van der Waals surface area contributed by atoms with E-state index in [-0.39, 0.29) is 6.61 Å². The molecule has 1 saturated heterocycles. The van der Waals surface area contributed by atoms with Crippen molar-refractivity contribution in [3.05, 3.63) is 28.7 Å². The molecule has 11 heteroatoms. The zero-order chi connectivity index (χ0) is 23.3. The summed E-state index contributed by atoms with van der Waals surface area (Å²) in [6.07, 6.45) is -4.97. The van der Waals surface area contributed by atoms with E-state index in [2.05, 4.69) is 28.6 Å². The summed E-state index contributed by atoms with van der Waals surface area (Å²) in [5.41, 5.74) is 0. The number of carbonyl (C=O) groups excluding carboxylic acids is 4. The number of Topliss-reactive ketones (excluding diaryl/α,β-unsaturated/α-hetero) is 1. The van der Waals surface area contributed by atoms with Gasteiger partial charge in [-0.15, -0.1) is 12.6 Å². The Bertz CT molecular complexity index is 844. The Morgan fingerprint density at radius 1 is 0.968 bits per heavy atom. The molecule has 31 heavy (non-hydrogen) atoms. The Morgan fingerprint density at radius 2 is 1.52 bits per heavy atom. The largest absolute Gasteiger partial charge is 0.482 e. The highest BCUT2D eigenvalue weighted by molar-refractivity contribution is 9.10. The van der Waals surface area contributed by atoms with Crippen molar-refractivity contribution >= 4 is 52.2 Å². The first kappa shape index (κ1) is 25.2. The van der Waals surface area contributed by atoms with Crippen LogP contribution in [0.25, 0.3) is 0 Å². The molecular weight excluding hydrogens is 496 g/mol. The van der Waals surface area contributed by atoms with Crippen molar-refractivity contribution in [3.63, 3.8) is 0 Å². The lowest BCUT2D eigenvalue weighted by atomic mass is 9.91. The van der Waals surface area contributed by atoms with E-state index in [1.807, 2.05) is 0 Å². The van der Waals surface area contributed by atoms with Crippen LogP contribution in [0.1, 0.15) is 27.7 Å². The summed E-state index contributed by atoms with van der Waals surface area (Å²) < 4.78 is 28.4. The third kappa shape index (κ3) is 6.44. The lowest BCUT2D eigenvalue weighted by Gasteiger charge is -2.48. The molecule has 1 aliphatic rings. The predicted octanol–water partition coefficient (Wildman–Crippen LogP) is 2.24. The van der Waals surface area contributed by atoms with Gasteiger partial charge >= 0.3 is 17.9 Å². The highest BCUT2D eigenvalue weighted by Gasteiger charge is 2.60. The maximum Gasteiger partial charge on any atom is 0.303 e. The number of thiol groups is 1. The quantitative estimate of drug-likeness (QED) is 0.329. The number of rotatable bonds is 7. The van der Waals surface area contributed by atoms with E-state index >= 15 is 0 Å². The van der Waals surface area contributed by atoms with E-state index in [9.17, 15) is 19.2 Å². The molecule has 1 fully saturated rings. The minimum Gasteiger partial charge on any atom is -0.482 e. The molecule has 5 atom stereocenters. The summed E-state index contributed by atoms with van der Waals surface area (Å²) in [5, 5.41) is 0. The van der Waals surface area contributed by atoms with Gasteiger partial charge in [-0.2, -0.15) is 0 Å². The molecule has 0 bridgehead atoms. The van der Waals surface area contributed by atoms with Crippen LogP contribution in [0.2, 0.25) is 0 Å². The molecule has 1 aromatic carbocycles. The van der Waals surface area contributed by atoms with Gasteiger partial charge < -0.3 is 23.7 Å². The van der Waals surface area contributed by atoms with Gasteiger partial charge in [-0.1, -0.05) is 15.9 Å². The van der Waals surface area contributed by atoms with Crippen LogP contribution in [0.5, 0.6) is 5.75 Å². The Kier molecular flexibility index (Phi) is 8.49. The van der Waals surface area contributed by atoms with E-state index < -0.39 is 53.0 Å². The Hall–Kier alpha value is -2.11. The van der Waals surface area contributed by atoms with Crippen molar-refractivity contribution < 1.29 is 42.9 Å². The third-order valence-corrected chi connectivity index (χ3v) is 5.54. The molecule has 1 aliphatic heterocycles. The molecule has 0 spiro atoms. The van der Waals surface area contributed by atoms with Crippen LogP contribution < -0.4 is 4.74 Å². The van der Waals surface area contributed by atoms with E-state index in [1.165, 1.54) is 13.8 Å². The molecule has 9 nitrogen and oxygen atoms in total. The average molecular weight is 519 g/mol. The lowest BCUT2D eigenvalue weighted by molar-refractivity contribution is -0.246. The van der Waals surface area contributed by atoms with Gasteiger partial charge in [0.2, 0.25) is 4.93 Å². The smallest absolute Gasteiger partial charge is 0.303 e. The predicted molar refractivity (Wildman–Crippen MR) is 114 cm³/mol. The van der Waals surface area contributed by atoms with Crippen molar-refractivity contribution in [1.82, 2.24) is 0 Å². The summed E-state index contributed by atoms with van der Waals surface area (Å²) in [4.78, 5) is 45.6. The molecule has 0 aliphatic carbocycles. The third-order valence-electron chi connectivity index (χ3n) is 4.34. The summed E-state index contributed by atoms with van der Waals surface area (Å²) in [5.74, 6) is -2.25. The van der Waals surface area contributed by atoms with Crippen molar-refractivity contribution in [2.24, 2.45) is 0 Å². The molecule has 0 N–H and O–H groups in total. The molecule has 0 saturated carbocycles. The second kappa shape index (κ2) is 10.5. The van der Waals surface area contributed by atoms with E-state index in [0.29, 0.717) is 5.75 Å². The topological polar surface area (TPSA) is 114 Å². The molecule has 0 aromatic heterocycles. The van der Waals surface area contributed by atoms with Gasteiger partial charge in [-0.05, 0) is 31.2 Å². The monoisotopic (exact) mass is 518 g/mol. The maximum absolute atomic E-state index is 12.6. The van der Waals surface area contributed by atoms with Crippen LogP contribution in [0.3, 0.4) is 0 Å². The first-order valence-corrected chi connectivity index (χ1v) is 10.5. The zero-order valence-corrected chi connectivity index (χ0v) is 19.8. The van der Waals surface area contributed by atoms with E-state index in [4.69, 9.17) is 23.7 Å². The van der Waals surface area contributed by atoms with Gasteiger partial charge in [0.05, 0.1) is 0 Å². The van der Waals surface area contributed by atoms with E-state index in [0.717, 1.165) is 18.3 Å². The number of benzene rings is 1. The van der Waals surface area contributed by atoms with Crippen molar-refractivity contribution in [3.8, 4) is 5.75 Å². The fraction of sp³-hybridized carbons (Fsp3) is 0.500. The highest BCUT2D eigenvalue weighted by Crippen LogP contribution is 2.39. The number of carbonyl (C=O) groups is 4. The average Bonchev–Trinajstić information content (AvgIpc) is 2.66. The van der Waals surface area contributed by atoms with Crippen LogP contribution in [-0.4, -0.2) is 59.6 Å². The minimum absolute atomic E-state index is 0.327. The summed E-state index contributed by atoms with van der Waals surface area (Å²) in [6.45, 7) is 4.36. The van der Waals surface area contributed by atoms with Crippen LogP contribution in [-0.2, 0) is 38.1 Å².